The topological polar surface area (TPSA) is 61.0 Å². The van der Waals surface area contributed by atoms with Crippen LogP contribution in [-0.4, -0.2) is 22.3 Å². The summed E-state index contributed by atoms with van der Waals surface area (Å²) in [6, 6.07) is 2.27. The smallest absolute Gasteiger partial charge is 0.435 e. The molecule has 1 saturated carbocycles. The zero-order valence-corrected chi connectivity index (χ0v) is 9.65. The number of ether oxygens (including phenoxy) is 1. The van der Waals surface area contributed by atoms with E-state index in [0.717, 1.165) is 31.7 Å². The Morgan fingerprint density at radius 1 is 1.11 bits per heavy atom. The summed E-state index contributed by atoms with van der Waals surface area (Å²) < 4.78 is 42.3. The van der Waals surface area contributed by atoms with Crippen molar-refractivity contribution in [2.75, 3.05) is 0 Å². The van der Waals surface area contributed by atoms with Crippen LogP contribution in [0.3, 0.4) is 0 Å². The second-order valence-corrected chi connectivity index (χ2v) is 4.41. The van der Waals surface area contributed by atoms with Crippen LogP contribution in [0.4, 0.5) is 13.2 Å². The standard InChI is InChI=1S/C11H14F3N3O/c12-11(13,14)9-5-6-10(17-16-9)18-8-3-1-7(15)2-4-8/h5-8H,1-4,15H2. The Labute approximate surface area is 102 Å². The Morgan fingerprint density at radius 2 is 1.78 bits per heavy atom. The SMILES string of the molecule is NC1CCC(Oc2ccc(C(F)(F)F)nn2)CC1. The van der Waals surface area contributed by atoms with Gasteiger partial charge in [-0.1, -0.05) is 0 Å². The predicted molar refractivity (Wildman–Crippen MR) is 57.9 cm³/mol. The highest BCUT2D eigenvalue weighted by Gasteiger charge is 2.33. The monoisotopic (exact) mass is 261 g/mol. The number of alkyl halides is 3. The van der Waals surface area contributed by atoms with E-state index in [1.807, 2.05) is 0 Å². The van der Waals surface area contributed by atoms with Crippen molar-refractivity contribution in [2.45, 2.75) is 44.0 Å². The highest BCUT2D eigenvalue weighted by atomic mass is 19.4. The molecule has 0 saturated heterocycles. The van der Waals surface area contributed by atoms with E-state index < -0.39 is 11.9 Å². The number of halogens is 3. The van der Waals surface area contributed by atoms with Crippen LogP contribution < -0.4 is 10.5 Å². The molecule has 0 radical (unpaired) electrons. The van der Waals surface area contributed by atoms with Gasteiger partial charge in [-0.05, 0) is 31.7 Å². The Morgan fingerprint density at radius 3 is 2.28 bits per heavy atom. The third-order valence-corrected chi connectivity index (χ3v) is 2.94. The van der Waals surface area contributed by atoms with E-state index in [-0.39, 0.29) is 18.0 Å². The van der Waals surface area contributed by atoms with Crippen molar-refractivity contribution in [3.05, 3.63) is 17.8 Å². The lowest BCUT2D eigenvalue weighted by atomic mass is 9.94. The van der Waals surface area contributed by atoms with Crippen molar-refractivity contribution < 1.29 is 17.9 Å². The van der Waals surface area contributed by atoms with Crippen molar-refractivity contribution >= 4 is 0 Å². The molecule has 0 spiro atoms. The second kappa shape index (κ2) is 5.09. The van der Waals surface area contributed by atoms with E-state index in [1.165, 1.54) is 6.07 Å². The van der Waals surface area contributed by atoms with Gasteiger partial charge in [0.25, 0.3) is 0 Å². The normalized spacial score (nSPS) is 24.9. The molecule has 0 amide bonds. The van der Waals surface area contributed by atoms with Crippen LogP contribution in [0.15, 0.2) is 12.1 Å². The summed E-state index contributed by atoms with van der Waals surface area (Å²) in [4.78, 5) is 0. The molecule has 100 valence electrons. The molecule has 1 aliphatic carbocycles. The van der Waals surface area contributed by atoms with Gasteiger partial charge in [0, 0.05) is 12.1 Å². The lowest BCUT2D eigenvalue weighted by molar-refractivity contribution is -0.141. The molecular formula is C11H14F3N3O. The zero-order chi connectivity index (χ0) is 13.2. The third-order valence-electron chi connectivity index (χ3n) is 2.94. The molecule has 1 aromatic heterocycles. The maximum Gasteiger partial charge on any atom is 0.435 e. The van der Waals surface area contributed by atoms with Gasteiger partial charge < -0.3 is 10.5 Å². The van der Waals surface area contributed by atoms with Crippen molar-refractivity contribution in [2.24, 2.45) is 5.73 Å². The summed E-state index contributed by atoms with van der Waals surface area (Å²) in [5.74, 6) is 0.128. The maximum atomic E-state index is 12.3. The molecule has 18 heavy (non-hydrogen) atoms. The largest absolute Gasteiger partial charge is 0.473 e. The summed E-state index contributed by atoms with van der Waals surface area (Å²) in [7, 11) is 0. The van der Waals surface area contributed by atoms with Crippen molar-refractivity contribution in [1.82, 2.24) is 10.2 Å². The fourth-order valence-electron chi connectivity index (χ4n) is 1.91. The van der Waals surface area contributed by atoms with Gasteiger partial charge in [-0.15, -0.1) is 10.2 Å². The molecule has 1 heterocycles. The minimum atomic E-state index is -4.47. The van der Waals surface area contributed by atoms with Gasteiger partial charge in [0.15, 0.2) is 5.69 Å². The molecule has 1 fully saturated rings. The van der Waals surface area contributed by atoms with Crippen LogP contribution >= 0.6 is 0 Å². The minimum absolute atomic E-state index is 0.0316. The van der Waals surface area contributed by atoms with E-state index in [1.54, 1.807) is 0 Å². The van der Waals surface area contributed by atoms with Crippen LogP contribution in [0.1, 0.15) is 31.4 Å². The Balaban J connectivity index is 1.94. The molecule has 4 nitrogen and oxygen atoms in total. The van der Waals surface area contributed by atoms with Gasteiger partial charge in [0.05, 0.1) is 0 Å². The average Bonchev–Trinajstić information content (AvgIpc) is 2.32. The molecular weight excluding hydrogens is 247 g/mol. The molecule has 1 aliphatic rings. The van der Waals surface area contributed by atoms with Gasteiger partial charge in [-0.25, -0.2) is 0 Å². The molecule has 1 aromatic rings. The van der Waals surface area contributed by atoms with Crippen molar-refractivity contribution in [1.29, 1.82) is 0 Å². The second-order valence-electron chi connectivity index (χ2n) is 4.41. The zero-order valence-electron chi connectivity index (χ0n) is 9.65. The van der Waals surface area contributed by atoms with Gasteiger partial charge in [-0.3, -0.25) is 0 Å². The van der Waals surface area contributed by atoms with Crippen molar-refractivity contribution in [3.8, 4) is 5.88 Å². The number of nitrogens with zero attached hydrogens (tertiary/aromatic N) is 2. The lowest BCUT2D eigenvalue weighted by Crippen LogP contribution is -2.31. The number of rotatable bonds is 2. The van der Waals surface area contributed by atoms with Gasteiger partial charge in [0.2, 0.25) is 5.88 Å². The first-order valence-electron chi connectivity index (χ1n) is 5.78. The van der Waals surface area contributed by atoms with E-state index >= 15 is 0 Å². The number of aromatic nitrogens is 2. The predicted octanol–water partition coefficient (Wildman–Crippen LogP) is 2.14. The Kier molecular flexibility index (Phi) is 3.70. The van der Waals surface area contributed by atoms with E-state index in [4.69, 9.17) is 10.5 Å². The molecule has 0 bridgehead atoms. The van der Waals surface area contributed by atoms with Crippen LogP contribution in [0.5, 0.6) is 5.88 Å². The third kappa shape index (κ3) is 3.32. The van der Waals surface area contributed by atoms with Crippen LogP contribution in [-0.2, 0) is 6.18 Å². The minimum Gasteiger partial charge on any atom is -0.473 e. The van der Waals surface area contributed by atoms with Gasteiger partial charge >= 0.3 is 6.18 Å². The summed E-state index contributed by atoms with van der Waals surface area (Å²) in [5.41, 5.74) is 4.74. The number of nitrogens with two attached hydrogens (primary N) is 1. The fourth-order valence-corrected chi connectivity index (χ4v) is 1.91. The highest BCUT2D eigenvalue weighted by Crippen LogP contribution is 2.28. The van der Waals surface area contributed by atoms with Gasteiger partial charge in [0.1, 0.15) is 6.10 Å². The van der Waals surface area contributed by atoms with E-state index in [2.05, 4.69) is 10.2 Å². The Hall–Kier alpha value is -1.37. The molecule has 0 unspecified atom stereocenters. The number of hydrogen-bond acceptors (Lipinski definition) is 4. The molecule has 7 heteroatoms. The molecule has 0 aliphatic heterocycles. The lowest BCUT2D eigenvalue weighted by Gasteiger charge is -2.26. The highest BCUT2D eigenvalue weighted by molar-refractivity contribution is 5.13. The Bertz CT molecular complexity index is 386. The molecule has 0 atom stereocenters. The summed E-state index contributed by atoms with van der Waals surface area (Å²) in [6.07, 6.45) is -1.19. The van der Waals surface area contributed by atoms with Crippen molar-refractivity contribution in [3.63, 3.8) is 0 Å². The van der Waals surface area contributed by atoms with E-state index in [9.17, 15) is 13.2 Å². The summed E-state index contributed by atoms with van der Waals surface area (Å²) >= 11 is 0. The van der Waals surface area contributed by atoms with Crippen LogP contribution in [0.25, 0.3) is 0 Å². The maximum absolute atomic E-state index is 12.3. The molecule has 2 rings (SSSR count). The first kappa shape index (κ1) is 13.1. The first-order valence-corrected chi connectivity index (χ1v) is 5.78. The number of hydrogen-bond donors (Lipinski definition) is 1. The average molecular weight is 261 g/mol. The van der Waals surface area contributed by atoms with Crippen LogP contribution in [0.2, 0.25) is 0 Å². The fraction of sp³-hybridized carbons (Fsp3) is 0.636. The summed E-state index contributed by atoms with van der Waals surface area (Å²) in [6.45, 7) is 0. The molecule has 0 aromatic carbocycles. The van der Waals surface area contributed by atoms with E-state index in [0.29, 0.717) is 0 Å². The first-order chi connectivity index (χ1) is 8.45. The van der Waals surface area contributed by atoms with Gasteiger partial charge in [-0.2, -0.15) is 13.2 Å². The molecule has 2 N–H and O–H groups in total. The quantitative estimate of drug-likeness (QED) is 0.886. The summed E-state index contributed by atoms with van der Waals surface area (Å²) in [5, 5.41) is 6.54. The van der Waals surface area contributed by atoms with Crippen LogP contribution in [0, 0.1) is 0 Å².